The minimum absolute atomic E-state index is 0.303. The molecule has 1 aliphatic carbocycles. The Labute approximate surface area is 102 Å². The van der Waals surface area contributed by atoms with Crippen molar-refractivity contribution < 1.29 is 4.52 Å². The van der Waals surface area contributed by atoms with Crippen molar-refractivity contribution in [2.75, 3.05) is 6.54 Å². The minimum Gasteiger partial charge on any atom is -0.338 e. The zero-order valence-electron chi connectivity index (χ0n) is 10.5. The van der Waals surface area contributed by atoms with E-state index in [1.807, 2.05) is 0 Å². The Balaban J connectivity index is 1.70. The lowest BCUT2D eigenvalue weighted by atomic mass is 9.82. The van der Waals surface area contributed by atoms with Gasteiger partial charge in [-0.25, -0.2) is 0 Å². The molecule has 1 saturated heterocycles. The lowest BCUT2D eigenvalue weighted by molar-refractivity contribution is 0.313. The molecule has 17 heavy (non-hydrogen) atoms. The molecule has 3 rings (SSSR count). The van der Waals surface area contributed by atoms with Crippen molar-refractivity contribution in [3.63, 3.8) is 0 Å². The van der Waals surface area contributed by atoms with E-state index in [0.29, 0.717) is 12.0 Å². The van der Waals surface area contributed by atoms with Gasteiger partial charge in [0.15, 0.2) is 5.82 Å². The van der Waals surface area contributed by atoms with Crippen LogP contribution in [0.4, 0.5) is 0 Å². The van der Waals surface area contributed by atoms with E-state index in [1.165, 1.54) is 32.1 Å². The summed E-state index contributed by atoms with van der Waals surface area (Å²) in [6.45, 7) is 3.40. The molecule has 4 heteroatoms. The lowest BCUT2D eigenvalue weighted by Crippen LogP contribution is -2.15. The second kappa shape index (κ2) is 4.77. The summed E-state index contributed by atoms with van der Waals surface area (Å²) >= 11 is 0. The van der Waals surface area contributed by atoms with Gasteiger partial charge in [-0.2, -0.15) is 4.98 Å². The SMILES string of the molecule is CC1CCCC(c2noc([C@H]3CCCN3)n2)C1. The fourth-order valence-electron chi connectivity index (χ4n) is 3.12. The number of aromatic nitrogens is 2. The molecule has 2 fully saturated rings. The standard InChI is InChI=1S/C13H21N3O/c1-9-4-2-5-10(8-9)12-15-13(17-16-12)11-6-3-7-14-11/h9-11,14H,2-8H2,1H3/t9?,10?,11-/m1/s1. The monoisotopic (exact) mass is 235 g/mol. The van der Waals surface area contributed by atoms with Gasteiger partial charge in [-0.1, -0.05) is 24.9 Å². The van der Waals surface area contributed by atoms with Gasteiger partial charge in [-0.05, 0) is 38.1 Å². The van der Waals surface area contributed by atoms with Crippen molar-refractivity contribution in [3.8, 4) is 0 Å². The van der Waals surface area contributed by atoms with Crippen molar-refractivity contribution in [2.45, 2.75) is 57.4 Å². The molecule has 0 amide bonds. The predicted molar refractivity (Wildman–Crippen MR) is 64.6 cm³/mol. The second-order valence-corrected chi connectivity index (χ2v) is 5.61. The molecule has 0 spiro atoms. The Morgan fingerprint density at radius 3 is 2.94 bits per heavy atom. The zero-order chi connectivity index (χ0) is 11.7. The Hall–Kier alpha value is -0.900. The molecule has 1 saturated carbocycles. The van der Waals surface area contributed by atoms with Gasteiger partial charge in [-0.3, -0.25) is 0 Å². The number of nitrogens with zero attached hydrogens (tertiary/aromatic N) is 2. The van der Waals surface area contributed by atoms with Crippen LogP contribution in [-0.2, 0) is 0 Å². The highest BCUT2D eigenvalue weighted by atomic mass is 16.5. The van der Waals surface area contributed by atoms with E-state index in [2.05, 4.69) is 22.4 Å². The van der Waals surface area contributed by atoms with Crippen LogP contribution in [0.1, 0.15) is 69.1 Å². The van der Waals surface area contributed by atoms with E-state index in [-0.39, 0.29) is 0 Å². The van der Waals surface area contributed by atoms with Crippen molar-refractivity contribution in [3.05, 3.63) is 11.7 Å². The van der Waals surface area contributed by atoms with Gasteiger partial charge in [0.1, 0.15) is 0 Å². The van der Waals surface area contributed by atoms with Crippen molar-refractivity contribution in [2.24, 2.45) is 5.92 Å². The summed E-state index contributed by atoms with van der Waals surface area (Å²) in [5.74, 6) is 3.08. The van der Waals surface area contributed by atoms with Crippen molar-refractivity contribution in [1.29, 1.82) is 0 Å². The van der Waals surface area contributed by atoms with Gasteiger partial charge >= 0.3 is 0 Å². The highest BCUT2D eigenvalue weighted by Crippen LogP contribution is 2.35. The maximum absolute atomic E-state index is 5.41. The van der Waals surface area contributed by atoms with Crippen molar-refractivity contribution >= 4 is 0 Å². The smallest absolute Gasteiger partial charge is 0.243 e. The van der Waals surface area contributed by atoms with Gasteiger partial charge in [0, 0.05) is 5.92 Å². The molecule has 0 aromatic carbocycles. The third-order valence-electron chi connectivity index (χ3n) is 4.12. The van der Waals surface area contributed by atoms with Crippen LogP contribution in [0.25, 0.3) is 0 Å². The Bertz CT molecular complexity index is 370. The van der Waals surface area contributed by atoms with E-state index in [1.54, 1.807) is 0 Å². The molecule has 2 unspecified atom stereocenters. The number of hydrogen-bond donors (Lipinski definition) is 1. The molecule has 0 radical (unpaired) electrons. The molecule has 4 nitrogen and oxygen atoms in total. The minimum atomic E-state index is 0.303. The van der Waals surface area contributed by atoms with Gasteiger partial charge in [0.05, 0.1) is 6.04 Å². The molecule has 94 valence electrons. The first kappa shape index (κ1) is 11.2. The Kier molecular flexibility index (Phi) is 3.14. The van der Waals surface area contributed by atoms with E-state index >= 15 is 0 Å². The van der Waals surface area contributed by atoms with Crippen LogP contribution < -0.4 is 5.32 Å². The third-order valence-corrected chi connectivity index (χ3v) is 4.12. The largest absolute Gasteiger partial charge is 0.338 e. The first-order valence-electron chi connectivity index (χ1n) is 6.90. The highest BCUT2D eigenvalue weighted by Gasteiger charge is 2.27. The fraction of sp³-hybridized carbons (Fsp3) is 0.846. The summed E-state index contributed by atoms with van der Waals surface area (Å²) in [5, 5.41) is 7.59. The zero-order valence-corrected chi connectivity index (χ0v) is 10.5. The van der Waals surface area contributed by atoms with Crippen LogP contribution in [0, 0.1) is 5.92 Å². The fourth-order valence-corrected chi connectivity index (χ4v) is 3.12. The summed E-state index contributed by atoms with van der Waals surface area (Å²) in [4.78, 5) is 4.61. The predicted octanol–water partition coefficient (Wildman–Crippen LogP) is 2.79. The quantitative estimate of drug-likeness (QED) is 0.856. The molecule has 1 aromatic heterocycles. The van der Waals surface area contributed by atoms with E-state index in [0.717, 1.165) is 30.6 Å². The van der Waals surface area contributed by atoms with Crippen molar-refractivity contribution in [1.82, 2.24) is 15.5 Å². The van der Waals surface area contributed by atoms with Gasteiger partial charge < -0.3 is 9.84 Å². The normalized spacial score (nSPS) is 34.1. The van der Waals surface area contributed by atoms with Crippen LogP contribution in [0.3, 0.4) is 0 Å². The first-order valence-corrected chi connectivity index (χ1v) is 6.90. The van der Waals surface area contributed by atoms with Crippen LogP contribution in [0.15, 0.2) is 4.52 Å². The van der Waals surface area contributed by atoms with E-state index in [4.69, 9.17) is 4.52 Å². The highest BCUT2D eigenvalue weighted by molar-refractivity contribution is 5.01. The molecule has 2 heterocycles. The second-order valence-electron chi connectivity index (χ2n) is 5.61. The van der Waals surface area contributed by atoms with E-state index < -0.39 is 0 Å². The lowest BCUT2D eigenvalue weighted by Gasteiger charge is -2.23. The average Bonchev–Trinajstić information content (AvgIpc) is 3.00. The molecule has 1 aliphatic heterocycles. The Morgan fingerprint density at radius 1 is 1.24 bits per heavy atom. The summed E-state index contributed by atoms with van der Waals surface area (Å²) < 4.78 is 5.41. The van der Waals surface area contributed by atoms with Crippen LogP contribution in [0.2, 0.25) is 0 Å². The molecule has 0 bridgehead atoms. The number of rotatable bonds is 2. The van der Waals surface area contributed by atoms with Crippen LogP contribution >= 0.6 is 0 Å². The molecular weight excluding hydrogens is 214 g/mol. The molecular formula is C13H21N3O. The molecule has 2 aliphatic rings. The average molecular weight is 235 g/mol. The van der Waals surface area contributed by atoms with E-state index in [9.17, 15) is 0 Å². The van der Waals surface area contributed by atoms with Crippen LogP contribution in [0.5, 0.6) is 0 Å². The maximum atomic E-state index is 5.41. The van der Waals surface area contributed by atoms with Crippen LogP contribution in [-0.4, -0.2) is 16.7 Å². The number of hydrogen-bond acceptors (Lipinski definition) is 4. The molecule has 1 N–H and O–H groups in total. The van der Waals surface area contributed by atoms with Gasteiger partial charge in [-0.15, -0.1) is 0 Å². The number of nitrogens with one attached hydrogen (secondary N) is 1. The topological polar surface area (TPSA) is 51.0 Å². The summed E-state index contributed by atoms with van der Waals surface area (Å²) in [6.07, 6.45) is 7.44. The molecule has 1 aromatic rings. The maximum Gasteiger partial charge on any atom is 0.243 e. The summed E-state index contributed by atoms with van der Waals surface area (Å²) in [5.41, 5.74) is 0. The molecule has 3 atom stereocenters. The first-order chi connectivity index (χ1) is 8.33. The summed E-state index contributed by atoms with van der Waals surface area (Å²) in [7, 11) is 0. The Morgan fingerprint density at radius 2 is 2.18 bits per heavy atom. The summed E-state index contributed by atoms with van der Waals surface area (Å²) in [6, 6.07) is 0.303. The third kappa shape index (κ3) is 2.37. The van der Waals surface area contributed by atoms with Gasteiger partial charge in [0.25, 0.3) is 0 Å². The van der Waals surface area contributed by atoms with Gasteiger partial charge in [0.2, 0.25) is 5.89 Å².